The number of nitrogens with zero attached hydrogens (tertiary/aromatic N) is 3. The predicted octanol–water partition coefficient (Wildman–Crippen LogP) is 3.64. The average Bonchev–Trinajstić information content (AvgIpc) is 3.26. The van der Waals surface area contributed by atoms with Gasteiger partial charge >= 0.3 is 0 Å². The van der Waals surface area contributed by atoms with Gasteiger partial charge in [0, 0.05) is 50.1 Å². The largest absolute Gasteiger partial charge is 0.497 e. The second-order valence-electron chi connectivity index (χ2n) is 7.91. The second-order valence-corrected chi connectivity index (χ2v) is 8.85. The highest BCUT2D eigenvalue weighted by Crippen LogP contribution is 2.25. The Kier molecular flexibility index (Phi) is 7.39. The van der Waals surface area contributed by atoms with Gasteiger partial charge in [0.2, 0.25) is 5.91 Å². The van der Waals surface area contributed by atoms with Gasteiger partial charge in [-0.3, -0.25) is 9.69 Å². The molecule has 1 saturated heterocycles. The van der Waals surface area contributed by atoms with Crippen LogP contribution in [-0.4, -0.2) is 61.1 Å². The smallest absolute Gasteiger partial charge is 0.228 e. The summed E-state index contributed by atoms with van der Waals surface area (Å²) >= 11 is 1.63. The first-order valence-electron chi connectivity index (χ1n) is 10.8. The van der Waals surface area contributed by atoms with E-state index in [4.69, 9.17) is 9.47 Å². The fraction of sp³-hybridized carbons (Fsp3) is 0.360. The number of aromatic nitrogens is 1. The number of hydrogen-bond acceptors (Lipinski definition) is 6. The number of rotatable bonds is 8. The van der Waals surface area contributed by atoms with E-state index in [2.05, 4.69) is 22.0 Å². The number of hydrogen-bond donors (Lipinski definition) is 0. The molecule has 32 heavy (non-hydrogen) atoms. The van der Waals surface area contributed by atoms with Crippen molar-refractivity contribution in [3.63, 3.8) is 0 Å². The number of thiazole rings is 1. The molecule has 0 unspecified atom stereocenters. The van der Waals surface area contributed by atoms with Gasteiger partial charge in [-0.25, -0.2) is 4.98 Å². The van der Waals surface area contributed by atoms with Crippen molar-refractivity contribution in [3.8, 4) is 11.5 Å². The number of benzene rings is 2. The monoisotopic (exact) mass is 451 g/mol. The summed E-state index contributed by atoms with van der Waals surface area (Å²) in [6.45, 7) is 3.90. The van der Waals surface area contributed by atoms with Gasteiger partial charge in [-0.15, -0.1) is 11.3 Å². The number of ether oxygens (including phenoxy) is 2. The molecule has 1 aliphatic rings. The lowest BCUT2D eigenvalue weighted by molar-refractivity contribution is -0.132. The minimum atomic E-state index is 0.153. The van der Waals surface area contributed by atoms with Gasteiger partial charge in [-0.2, -0.15) is 0 Å². The molecule has 7 heteroatoms. The van der Waals surface area contributed by atoms with Gasteiger partial charge in [0.05, 0.1) is 31.3 Å². The quantitative estimate of drug-likeness (QED) is 0.523. The van der Waals surface area contributed by atoms with Gasteiger partial charge in [-0.1, -0.05) is 30.3 Å². The molecule has 0 saturated carbocycles. The average molecular weight is 452 g/mol. The molecule has 1 aromatic heterocycles. The molecule has 1 fully saturated rings. The lowest BCUT2D eigenvalue weighted by atomic mass is 10.1. The summed E-state index contributed by atoms with van der Waals surface area (Å²) in [5.74, 6) is 1.84. The molecule has 2 heterocycles. The number of piperazine rings is 1. The number of carbonyl (C=O) groups is 1. The lowest BCUT2D eigenvalue weighted by Gasteiger charge is -2.35. The minimum absolute atomic E-state index is 0.153. The van der Waals surface area contributed by atoms with E-state index in [0.717, 1.165) is 66.9 Å². The van der Waals surface area contributed by atoms with Crippen LogP contribution in [0.2, 0.25) is 0 Å². The Balaban J connectivity index is 1.28. The van der Waals surface area contributed by atoms with Gasteiger partial charge in [0.1, 0.15) is 11.5 Å². The first kappa shape index (κ1) is 22.3. The fourth-order valence-corrected chi connectivity index (χ4v) is 4.78. The van der Waals surface area contributed by atoms with Crippen LogP contribution in [0, 0.1) is 0 Å². The number of methoxy groups -OCH3 is 2. The zero-order chi connectivity index (χ0) is 22.3. The summed E-state index contributed by atoms with van der Waals surface area (Å²) < 4.78 is 10.9. The molecule has 1 amide bonds. The summed E-state index contributed by atoms with van der Waals surface area (Å²) in [6.07, 6.45) is 1.18. The maximum Gasteiger partial charge on any atom is 0.228 e. The van der Waals surface area contributed by atoms with Crippen LogP contribution in [0.5, 0.6) is 11.5 Å². The standard InChI is InChI=1S/C25H29N3O3S/c1-30-22-8-9-23(31-2)20(15-22)17-27-10-12-28(13-11-27)25(29)16-21-18-32-24(26-21)14-19-6-4-3-5-7-19/h3-9,15,18H,10-14,16-17H2,1-2H3. The van der Waals surface area contributed by atoms with Crippen molar-refractivity contribution in [1.29, 1.82) is 0 Å². The zero-order valence-electron chi connectivity index (χ0n) is 18.6. The molecule has 0 atom stereocenters. The van der Waals surface area contributed by atoms with Crippen LogP contribution < -0.4 is 9.47 Å². The molecule has 168 valence electrons. The third kappa shape index (κ3) is 5.66. The fourth-order valence-electron chi connectivity index (χ4n) is 3.95. The molecule has 0 aliphatic carbocycles. The van der Waals surface area contributed by atoms with Crippen molar-refractivity contribution in [2.24, 2.45) is 0 Å². The Labute approximate surface area is 193 Å². The second kappa shape index (κ2) is 10.6. The maximum atomic E-state index is 12.8. The minimum Gasteiger partial charge on any atom is -0.497 e. The molecular weight excluding hydrogens is 422 g/mol. The molecule has 4 rings (SSSR count). The van der Waals surface area contributed by atoms with Crippen molar-refractivity contribution in [1.82, 2.24) is 14.8 Å². The first-order chi connectivity index (χ1) is 15.6. The van der Waals surface area contributed by atoms with E-state index in [1.807, 2.05) is 46.7 Å². The maximum absolute atomic E-state index is 12.8. The van der Waals surface area contributed by atoms with Crippen LogP contribution in [0.4, 0.5) is 0 Å². The highest BCUT2D eigenvalue weighted by molar-refractivity contribution is 7.09. The predicted molar refractivity (Wildman–Crippen MR) is 126 cm³/mol. The third-order valence-corrected chi connectivity index (χ3v) is 6.63. The Hall–Kier alpha value is -2.90. The zero-order valence-corrected chi connectivity index (χ0v) is 19.4. The molecule has 0 spiro atoms. The third-order valence-electron chi connectivity index (χ3n) is 5.74. The van der Waals surface area contributed by atoms with E-state index in [-0.39, 0.29) is 5.91 Å². The van der Waals surface area contributed by atoms with E-state index in [1.54, 1.807) is 25.6 Å². The Bertz CT molecular complexity index is 1030. The van der Waals surface area contributed by atoms with Gasteiger partial charge in [-0.05, 0) is 23.8 Å². The van der Waals surface area contributed by atoms with Crippen molar-refractivity contribution >= 4 is 17.2 Å². The van der Waals surface area contributed by atoms with Gasteiger partial charge in [0.25, 0.3) is 0 Å². The molecular formula is C25H29N3O3S. The van der Waals surface area contributed by atoms with Crippen LogP contribution in [0.1, 0.15) is 21.8 Å². The lowest BCUT2D eigenvalue weighted by Crippen LogP contribution is -2.48. The molecule has 2 aromatic carbocycles. The van der Waals surface area contributed by atoms with Crippen LogP contribution >= 0.6 is 11.3 Å². The molecule has 0 N–H and O–H groups in total. The van der Waals surface area contributed by atoms with Crippen LogP contribution in [-0.2, 0) is 24.2 Å². The van der Waals surface area contributed by atoms with E-state index < -0.39 is 0 Å². The van der Waals surface area contributed by atoms with Gasteiger partial charge < -0.3 is 14.4 Å². The van der Waals surface area contributed by atoms with Crippen molar-refractivity contribution in [2.75, 3.05) is 40.4 Å². The highest BCUT2D eigenvalue weighted by Gasteiger charge is 2.23. The first-order valence-corrected chi connectivity index (χ1v) is 11.7. The SMILES string of the molecule is COc1ccc(OC)c(CN2CCN(C(=O)Cc3csc(Cc4ccccc4)n3)CC2)c1. The van der Waals surface area contributed by atoms with Crippen LogP contribution in [0.15, 0.2) is 53.9 Å². The molecule has 1 aliphatic heterocycles. The Morgan fingerprint density at radius 1 is 1.03 bits per heavy atom. The summed E-state index contributed by atoms with van der Waals surface area (Å²) in [6, 6.07) is 16.2. The highest BCUT2D eigenvalue weighted by atomic mass is 32.1. The molecule has 0 bridgehead atoms. The Morgan fingerprint density at radius 3 is 2.53 bits per heavy atom. The Morgan fingerprint density at radius 2 is 1.81 bits per heavy atom. The molecule has 0 radical (unpaired) electrons. The summed E-state index contributed by atoms with van der Waals surface area (Å²) in [5.41, 5.74) is 3.21. The van der Waals surface area contributed by atoms with Crippen LogP contribution in [0.25, 0.3) is 0 Å². The molecule has 6 nitrogen and oxygen atoms in total. The van der Waals surface area contributed by atoms with Crippen molar-refractivity contribution in [2.45, 2.75) is 19.4 Å². The van der Waals surface area contributed by atoms with E-state index in [0.29, 0.717) is 6.42 Å². The van der Waals surface area contributed by atoms with Gasteiger partial charge in [0.15, 0.2) is 0 Å². The summed E-state index contributed by atoms with van der Waals surface area (Å²) in [5, 5.41) is 3.07. The van der Waals surface area contributed by atoms with E-state index in [9.17, 15) is 4.79 Å². The van der Waals surface area contributed by atoms with Crippen molar-refractivity contribution in [3.05, 3.63) is 75.7 Å². The van der Waals surface area contributed by atoms with Crippen LogP contribution in [0.3, 0.4) is 0 Å². The number of carbonyl (C=O) groups excluding carboxylic acids is 1. The normalized spacial score (nSPS) is 14.4. The van der Waals surface area contributed by atoms with Crippen molar-refractivity contribution < 1.29 is 14.3 Å². The topological polar surface area (TPSA) is 54.9 Å². The molecule has 3 aromatic rings. The summed E-state index contributed by atoms with van der Waals surface area (Å²) in [7, 11) is 3.36. The van der Waals surface area contributed by atoms with E-state index in [1.165, 1.54) is 5.56 Å². The van der Waals surface area contributed by atoms with E-state index >= 15 is 0 Å². The summed E-state index contributed by atoms with van der Waals surface area (Å²) in [4.78, 5) is 21.8. The number of amides is 1.